The highest BCUT2D eigenvalue weighted by molar-refractivity contribution is 9.10. The Morgan fingerprint density at radius 3 is 2.95 bits per heavy atom. The summed E-state index contributed by atoms with van der Waals surface area (Å²) in [7, 11) is 1.51. The lowest BCUT2D eigenvalue weighted by atomic mass is 10.2. The van der Waals surface area contributed by atoms with Crippen LogP contribution in [0.2, 0.25) is 0 Å². The molecule has 0 atom stereocenters. The van der Waals surface area contributed by atoms with Gasteiger partial charge in [-0.05, 0) is 45.8 Å². The van der Waals surface area contributed by atoms with E-state index in [1.807, 2.05) is 12.1 Å². The number of halogens is 2. The number of fused-ring (bicyclic) bond motifs is 1. The van der Waals surface area contributed by atoms with Crippen molar-refractivity contribution in [2.75, 3.05) is 19.2 Å². The summed E-state index contributed by atoms with van der Waals surface area (Å²) in [4.78, 5) is 0. The number of hydrogen-bond acceptors (Lipinski definition) is 4. The van der Waals surface area contributed by atoms with Gasteiger partial charge in [0.2, 0.25) is 6.79 Å². The van der Waals surface area contributed by atoms with Gasteiger partial charge in [0.15, 0.2) is 11.5 Å². The summed E-state index contributed by atoms with van der Waals surface area (Å²) in [6, 6.07) is 8.25. The van der Waals surface area contributed by atoms with E-state index in [4.69, 9.17) is 14.2 Å². The molecule has 1 heterocycles. The molecule has 1 aliphatic rings. The molecule has 4 nitrogen and oxygen atoms in total. The zero-order chi connectivity index (χ0) is 14.8. The van der Waals surface area contributed by atoms with Crippen molar-refractivity contribution in [3.63, 3.8) is 0 Å². The summed E-state index contributed by atoms with van der Waals surface area (Å²) in [5, 5.41) is 3.22. The van der Waals surface area contributed by atoms with Crippen molar-refractivity contribution < 1.29 is 18.6 Å². The van der Waals surface area contributed by atoms with Crippen LogP contribution in [0.15, 0.2) is 34.8 Å². The van der Waals surface area contributed by atoms with Gasteiger partial charge in [0, 0.05) is 12.6 Å². The van der Waals surface area contributed by atoms with Crippen molar-refractivity contribution in [1.29, 1.82) is 0 Å². The van der Waals surface area contributed by atoms with Gasteiger partial charge in [0.1, 0.15) is 11.6 Å². The van der Waals surface area contributed by atoms with Crippen molar-refractivity contribution in [3.05, 3.63) is 46.2 Å². The van der Waals surface area contributed by atoms with E-state index in [2.05, 4.69) is 21.2 Å². The molecule has 3 rings (SSSR count). The highest BCUT2D eigenvalue weighted by Gasteiger charge is 2.18. The predicted octanol–water partition coefficient (Wildman–Crippen LogP) is 3.94. The van der Waals surface area contributed by atoms with Gasteiger partial charge in [0.05, 0.1) is 17.3 Å². The molecule has 0 radical (unpaired) electrons. The molecule has 110 valence electrons. The molecular formula is C15H13BrFNO3. The molecular weight excluding hydrogens is 341 g/mol. The van der Waals surface area contributed by atoms with Crippen molar-refractivity contribution in [1.82, 2.24) is 0 Å². The number of benzene rings is 2. The van der Waals surface area contributed by atoms with Gasteiger partial charge in [0.25, 0.3) is 0 Å². The van der Waals surface area contributed by atoms with Crippen LogP contribution in [0.1, 0.15) is 5.56 Å². The van der Waals surface area contributed by atoms with E-state index < -0.39 is 0 Å². The molecule has 6 heteroatoms. The van der Waals surface area contributed by atoms with E-state index in [0.717, 1.165) is 21.5 Å². The average Bonchev–Trinajstić information content (AvgIpc) is 2.94. The lowest BCUT2D eigenvalue weighted by molar-refractivity contribution is 0.173. The summed E-state index contributed by atoms with van der Waals surface area (Å²) in [6.45, 7) is 0.786. The van der Waals surface area contributed by atoms with E-state index in [9.17, 15) is 4.39 Å². The topological polar surface area (TPSA) is 39.7 Å². The lowest BCUT2D eigenvalue weighted by Crippen LogP contribution is -2.02. The van der Waals surface area contributed by atoms with Crippen molar-refractivity contribution in [2.24, 2.45) is 0 Å². The third-order valence-electron chi connectivity index (χ3n) is 3.13. The van der Waals surface area contributed by atoms with Crippen LogP contribution >= 0.6 is 15.9 Å². The number of methoxy groups -OCH3 is 1. The molecule has 0 saturated heterocycles. The highest BCUT2D eigenvalue weighted by Crippen LogP contribution is 2.40. The fourth-order valence-corrected chi connectivity index (χ4v) is 2.74. The molecule has 0 bridgehead atoms. The number of hydrogen-bond donors (Lipinski definition) is 1. The lowest BCUT2D eigenvalue weighted by Gasteiger charge is -2.12. The molecule has 1 aliphatic heterocycles. The number of nitrogens with one attached hydrogen (secondary N) is 1. The summed E-state index contributed by atoms with van der Waals surface area (Å²) >= 11 is 3.45. The molecule has 1 N–H and O–H groups in total. The van der Waals surface area contributed by atoms with E-state index in [1.54, 1.807) is 6.07 Å². The Morgan fingerprint density at radius 1 is 1.29 bits per heavy atom. The molecule has 2 aromatic carbocycles. The van der Waals surface area contributed by atoms with Gasteiger partial charge >= 0.3 is 0 Å². The Hall–Kier alpha value is -1.95. The average molecular weight is 354 g/mol. The monoisotopic (exact) mass is 353 g/mol. The minimum atomic E-state index is -0.330. The Balaban J connectivity index is 1.78. The molecule has 0 aliphatic carbocycles. The van der Waals surface area contributed by atoms with Gasteiger partial charge in [-0.25, -0.2) is 4.39 Å². The van der Waals surface area contributed by atoms with Crippen molar-refractivity contribution in [3.8, 4) is 17.2 Å². The molecule has 2 aromatic rings. The van der Waals surface area contributed by atoms with Crippen LogP contribution in [0.3, 0.4) is 0 Å². The Bertz CT molecular complexity index is 678. The van der Waals surface area contributed by atoms with Gasteiger partial charge in [-0.2, -0.15) is 0 Å². The van der Waals surface area contributed by atoms with E-state index in [1.165, 1.54) is 19.2 Å². The smallest absolute Gasteiger partial charge is 0.231 e. The molecule has 0 amide bonds. The predicted molar refractivity (Wildman–Crippen MR) is 80.5 cm³/mol. The summed E-state index contributed by atoms with van der Waals surface area (Å²) in [5.74, 6) is 1.57. The first-order chi connectivity index (χ1) is 10.2. The maximum absolute atomic E-state index is 13.2. The first-order valence-corrected chi connectivity index (χ1v) is 7.12. The molecule has 0 saturated carbocycles. The zero-order valence-electron chi connectivity index (χ0n) is 11.3. The van der Waals surface area contributed by atoms with Crippen LogP contribution in [0.25, 0.3) is 0 Å². The second-order valence-electron chi connectivity index (χ2n) is 4.51. The molecule has 0 fully saturated rings. The van der Waals surface area contributed by atoms with Crippen LogP contribution in [0, 0.1) is 5.82 Å². The van der Waals surface area contributed by atoms with Crippen LogP contribution in [0.5, 0.6) is 17.2 Å². The molecule has 0 spiro atoms. The second kappa shape index (κ2) is 5.81. The van der Waals surface area contributed by atoms with Crippen LogP contribution in [-0.2, 0) is 6.54 Å². The minimum absolute atomic E-state index is 0.233. The van der Waals surface area contributed by atoms with Gasteiger partial charge < -0.3 is 19.5 Å². The van der Waals surface area contributed by atoms with Crippen molar-refractivity contribution in [2.45, 2.75) is 6.54 Å². The summed E-state index contributed by atoms with van der Waals surface area (Å²) in [5.41, 5.74) is 1.74. The van der Waals surface area contributed by atoms with Gasteiger partial charge in [-0.1, -0.05) is 0 Å². The van der Waals surface area contributed by atoms with Crippen molar-refractivity contribution >= 4 is 21.6 Å². The summed E-state index contributed by atoms with van der Waals surface area (Å²) < 4.78 is 29.9. The fourth-order valence-electron chi connectivity index (χ4n) is 2.13. The Kier molecular flexibility index (Phi) is 3.88. The molecule has 0 aromatic heterocycles. The standard InChI is InChI=1S/C15H13BrFNO3/c1-19-13-6-10(17)2-3-12(13)18-7-9-4-11(16)15-14(5-9)20-8-21-15/h2-6,18H,7-8H2,1H3. The van der Waals surface area contributed by atoms with Crippen LogP contribution < -0.4 is 19.5 Å². The molecule has 21 heavy (non-hydrogen) atoms. The SMILES string of the molecule is COc1cc(F)ccc1NCc1cc(Br)c2c(c1)OCO2. The first-order valence-electron chi connectivity index (χ1n) is 6.33. The third kappa shape index (κ3) is 2.90. The Labute approximate surface area is 130 Å². The van der Waals surface area contributed by atoms with E-state index in [0.29, 0.717) is 18.0 Å². The summed E-state index contributed by atoms with van der Waals surface area (Å²) in [6.07, 6.45) is 0. The fraction of sp³-hybridized carbons (Fsp3) is 0.200. The quantitative estimate of drug-likeness (QED) is 0.903. The Morgan fingerprint density at radius 2 is 2.14 bits per heavy atom. The van der Waals surface area contributed by atoms with Crippen LogP contribution in [-0.4, -0.2) is 13.9 Å². The normalized spacial score (nSPS) is 12.3. The minimum Gasteiger partial charge on any atom is -0.494 e. The van der Waals surface area contributed by atoms with Gasteiger partial charge in [-0.15, -0.1) is 0 Å². The largest absolute Gasteiger partial charge is 0.494 e. The number of rotatable bonds is 4. The van der Waals surface area contributed by atoms with E-state index >= 15 is 0 Å². The number of ether oxygens (including phenoxy) is 3. The first kappa shape index (κ1) is 14.0. The van der Waals surface area contributed by atoms with Gasteiger partial charge in [-0.3, -0.25) is 0 Å². The maximum atomic E-state index is 13.2. The van der Waals surface area contributed by atoms with Crippen LogP contribution in [0.4, 0.5) is 10.1 Å². The third-order valence-corrected chi connectivity index (χ3v) is 3.72. The number of anilines is 1. The highest BCUT2D eigenvalue weighted by atomic mass is 79.9. The zero-order valence-corrected chi connectivity index (χ0v) is 12.9. The molecule has 0 unspecified atom stereocenters. The van der Waals surface area contributed by atoms with E-state index in [-0.39, 0.29) is 12.6 Å². The second-order valence-corrected chi connectivity index (χ2v) is 5.36. The maximum Gasteiger partial charge on any atom is 0.231 e.